The minimum absolute atomic E-state index is 0.0661. The fourth-order valence-corrected chi connectivity index (χ4v) is 7.86. The summed E-state index contributed by atoms with van der Waals surface area (Å²) in [5.74, 6) is -0.487. The Morgan fingerprint density at radius 1 is 0.508 bits per heavy atom. The maximum atomic E-state index is 13.2. The highest BCUT2D eigenvalue weighted by Gasteiger charge is 2.24. The van der Waals surface area contributed by atoms with Gasteiger partial charge >= 0.3 is 5.97 Å². The van der Waals surface area contributed by atoms with E-state index in [0.717, 1.165) is 89.9 Å². The number of carbonyl (C=O) groups is 2. The quantitative estimate of drug-likeness (QED) is 0.0323. The van der Waals surface area contributed by atoms with Crippen molar-refractivity contribution in [3.8, 4) is 0 Å². The van der Waals surface area contributed by atoms with E-state index in [1.807, 2.05) is 0 Å². The predicted octanol–water partition coefficient (Wildman–Crippen LogP) is 15.3. The maximum Gasteiger partial charge on any atom is 0.306 e. The third-order valence-electron chi connectivity index (χ3n) is 11.7. The summed E-state index contributed by atoms with van der Waals surface area (Å²) in [6.07, 6.45) is 54.9. The molecule has 0 saturated heterocycles. The Labute approximate surface area is 366 Å². The summed E-state index contributed by atoms with van der Waals surface area (Å²) in [6.45, 7) is 6.37. The van der Waals surface area contributed by atoms with E-state index in [1.54, 1.807) is 0 Å². The summed E-state index contributed by atoms with van der Waals surface area (Å²) >= 11 is 0. The first kappa shape index (κ1) is 57.1. The monoisotopic (exact) mass is 830 g/mol. The van der Waals surface area contributed by atoms with Crippen molar-refractivity contribution in [1.29, 1.82) is 0 Å². The Morgan fingerprint density at radius 2 is 0.915 bits per heavy atom. The van der Waals surface area contributed by atoms with Gasteiger partial charge in [-0.3, -0.25) is 9.59 Å². The van der Waals surface area contributed by atoms with Gasteiger partial charge in [0.1, 0.15) is 6.10 Å². The molecular formula is C53H99NO5. The SMILES string of the molecule is CC/C=C/C/C=C/C/C=C/CCCCCCC(CC(=O)NC(CO)C(O)CCCCCCCCCCCCCCCCC)OC(=O)CCCCCCCCCCCCC. The molecule has 6 nitrogen and oxygen atoms in total. The number of esters is 1. The molecule has 1 amide bonds. The zero-order chi connectivity index (χ0) is 43.1. The van der Waals surface area contributed by atoms with Gasteiger partial charge in [-0.2, -0.15) is 0 Å². The van der Waals surface area contributed by atoms with Crippen molar-refractivity contribution in [2.75, 3.05) is 6.61 Å². The fourth-order valence-electron chi connectivity index (χ4n) is 7.86. The van der Waals surface area contributed by atoms with Crippen LogP contribution in [0.15, 0.2) is 36.5 Å². The van der Waals surface area contributed by atoms with Crippen LogP contribution in [0.3, 0.4) is 0 Å². The van der Waals surface area contributed by atoms with E-state index in [4.69, 9.17) is 4.74 Å². The molecule has 3 N–H and O–H groups in total. The summed E-state index contributed by atoms with van der Waals surface area (Å²) in [5.41, 5.74) is 0. The van der Waals surface area contributed by atoms with Crippen molar-refractivity contribution < 1.29 is 24.5 Å². The summed E-state index contributed by atoms with van der Waals surface area (Å²) in [6, 6.07) is -0.705. The molecule has 0 saturated carbocycles. The molecule has 3 unspecified atom stereocenters. The molecule has 0 spiro atoms. The van der Waals surface area contributed by atoms with Crippen molar-refractivity contribution in [1.82, 2.24) is 5.32 Å². The van der Waals surface area contributed by atoms with Crippen LogP contribution in [0.25, 0.3) is 0 Å². The average Bonchev–Trinajstić information content (AvgIpc) is 3.23. The highest BCUT2D eigenvalue weighted by Crippen LogP contribution is 2.18. The van der Waals surface area contributed by atoms with E-state index in [-0.39, 0.29) is 24.9 Å². The van der Waals surface area contributed by atoms with Crippen LogP contribution in [-0.2, 0) is 14.3 Å². The van der Waals surface area contributed by atoms with E-state index in [2.05, 4.69) is 62.5 Å². The number of ether oxygens (including phenoxy) is 1. The summed E-state index contributed by atoms with van der Waals surface area (Å²) < 4.78 is 5.92. The Bertz CT molecular complexity index is 977. The molecule has 0 bridgehead atoms. The summed E-state index contributed by atoms with van der Waals surface area (Å²) in [5, 5.41) is 23.8. The van der Waals surface area contributed by atoms with Crippen LogP contribution in [-0.4, -0.2) is 46.9 Å². The molecule has 0 fully saturated rings. The zero-order valence-corrected chi connectivity index (χ0v) is 39.4. The van der Waals surface area contributed by atoms with E-state index in [1.165, 1.54) is 128 Å². The molecular weight excluding hydrogens is 731 g/mol. The first-order chi connectivity index (χ1) is 29.0. The first-order valence-corrected chi connectivity index (χ1v) is 25.7. The molecule has 346 valence electrons. The van der Waals surface area contributed by atoms with Crippen molar-refractivity contribution in [3.05, 3.63) is 36.5 Å². The van der Waals surface area contributed by atoms with Crippen LogP contribution in [0.1, 0.15) is 265 Å². The van der Waals surface area contributed by atoms with Crippen LogP contribution < -0.4 is 5.32 Å². The number of hydrogen-bond donors (Lipinski definition) is 3. The first-order valence-electron chi connectivity index (χ1n) is 25.7. The molecule has 0 aliphatic rings. The highest BCUT2D eigenvalue weighted by molar-refractivity contribution is 5.77. The maximum absolute atomic E-state index is 13.2. The van der Waals surface area contributed by atoms with Gasteiger partial charge in [-0.15, -0.1) is 0 Å². The topological polar surface area (TPSA) is 95.9 Å². The predicted molar refractivity (Wildman–Crippen MR) is 255 cm³/mol. The Balaban J connectivity index is 4.56. The molecule has 0 heterocycles. The molecule has 0 aromatic rings. The van der Waals surface area contributed by atoms with Gasteiger partial charge in [0.2, 0.25) is 5.91 Å². The molecule has 3 atom stereocenters. The van der Waals surface area contributed by atoms with Gasteiger partial charge in [0.05, 0.1) is 25.2 Å². The third-order valence-corrected chi connectivity index (χ3v) is 11.7. The van der Waals surface area contributed by atoms with E-state index in [0.29, 0.717) is 19.3 Å². The van der Waals surface area contributed by atoms with Crippen LogP contribution in [0.4, 0.5) is 0 Å². The van der Waals surface area contributed by atoms with Gasteiger partial charge in [0.25, 0.3) is 0 Å². The molecule has 0 aliphatic heterocycles. The van der Waals surface area contributed by atoms with Gasteiger partial charge in [0.15, 0.2) is 0 Å². The second-order valence-corrected chi connectivity index (χ2v) is 17.5. The lowest BCUT2D eigenvalue weighted by Gasteiger charge is -2.24. The standard InChI is InChI=1S/C53H99NO5/c1-4-7-10-13-16-19-22-24-26-28-31-33-36-39-42-45-51(56)50(48-55)54-52(57)47-49(44-41-38-35-32-30-27-25-23-20-17-14-11-8-5-2)59-53(58)46-43-40-37-34-29-21-18-15-12-9-6-3/h8,11,17,20,25,27,49-51,55-56H,4-7,9-10,12-16,18-19,21-24,26,28-48H2,1-3H3,(H,54,57)/b11-8+,20-17+,27-25+. The lowest BCUT2D eigenvalue weighted by Crippen LogP contribution is -2.46. The number of carbonyl (C=O) groups excluding carboxylic acids is 2. The lowest BCUT2D eigenvalue weighted by atomic mass is 10.0. The molecule has 0 aliphatic carbocycles. The molecule has 0 rings (SSSR count). The van der Waals surface area contributed by atoms with Crippen molar-refractivity contribution >= 4 is 11.9 Å². The Kier molecular flexibility index (Phi) is 45.6. The van der Waals surface area contributed by atoms with Crippen LogP contribution in [0.2, 0.25) is 0 Å². The Morgan fingerprint density at radius 3 is 1.39 bits per heavy atom. The van der Waals surface area contributed by atoms with Crippen molar-refractivity contribution in [3.63, 3.8) is 0 Å². The van der Waals surface area contributed by atoms with E-state index < -0.39 is 18.2 Å². The van der Waals surface area contributed by atoms with Crippen LogP contribution >= 0.6 is 0 Å². The molecule has 6 heteroatoms. The van der Waals surface area contributed by atoms with Gasteiger partial charge in [-0.25, -0.2) is 0 Å². The van der Waals surface area contributed by atoms with Gasteiger partial charge in [-0.1, -0.05) is 231 Å². The van der Waals surface area contributed by atoms with Crippen molar-refractivity contribution in [2.24, 2.45) is 0 Å². The second-order valence-electron chi connectivity index (χ2n) is 17.5. The van der Waals surface area contributed by atoms with Crippen LogP contribution in [0, 0.1) is 0 Å². The summed E-state index contributed by atoms with van der Waals surface area (Å²) in [4.78, 5) is 26.1. The largest absolute Gasteiger partial charge is 0.462 e. The molecule has 0 radical (unpaired) electrons. The highest BCUT2D eigenvalue weighted by atomic mass is 16.5. The number of allylic oxidation sites excluding steroid dienone is 6. The van der Waals surface area contributed by atoms with E-state index in [9.17, 15) is 19.8 Å². The number of rotatable bonds is 46. The summed E-state index contributed by atoms with van der Waals surface area (Å²) in [7, 11) is 0. The van der Waals surface area contributed by atoms with E-state index >= 15 is 0 Å². The Hall–Kier alpha value is -1.92. The number of aliphatic hydroxyl groups is 2. The zero-order valence-electron chi connectivity index (χ0n) is 39.4. The van der Waals surface area contributed by atoms with Gasteiger partial charge < -0.3 is 20.3 Å². The van der Waals surface area contributed by atoms with Crippen molar-refractivity contribution in [2.45, 2.75) is 283 Å². The average molecular weight is 830 g/mol. The molecule has 59 heavy (non-hydrogen) atoms. The van der Waals surface area contributed by atoms with Crippen LogP contribution in [0.5, 0.6) is 0 Å². The van der Waals surface area contributed by atoms with Gasteiger partial charge in [-0.05, 0) is 57.8 Å². The third kappa shape index (κ3) is 42.6. The number of nitrogens with one attached hydrogen (secondary N) is 1. The lowest BCUT2D eigenvalue weighted by molar-refractivity contribution is -0.151. The number of aliphatic hydroxyl groups excluding tert-OH is 2. The second kappa shape index (κ2) is 47.1. The normalized spacial score (nSPS) is 13.5. The number of unbranched alkanes of at least 4 members (excludes halogenated alkanes) is 28. The molecule has 0 aromatic carbocycles. The number of amides is 1. The minimum Gasteiger partial charge on any atom is -0.462 e. The minimum atomic E-state index is -0.791. The fraction of sp³-hybridized carbons (Fsp3) is 0.849. The molecule has 0 aromatic heterocycles. The van der Waals surface area contributed by atoms with Gasteiger partial charge in [0, 0.05) is 6.42 Å². The number of hydrogen-bond acceptors (Lipinski definition) is 5. The smallest absolute Gasteiger partial charge is 0.306 e.